The summed E-state index contributed by atoms with van der Waals surface area (Å²) in [4.78, 5) is 32.3. The molecule has 1 aromatic carbocycles. The molecule has 0 saturated carbocycles. The fourth-order valence-electron chi connectivity index (χ4n) is 3.88. The molecule has 0 spiro atoms. The molecule has 0 aliphatic carbocycles. The SMILES string of the molecule is Cc1cc(CN2Cc3c(ccnc3N3C[C@@H](O)CC3=O)C2=O)ccc1OCC(F)(F)F. The molecule has 2 aliphatic heterocycles. The molecule has 0 radical (unpaired) electrons. The molecule has 0 bridgehead atoms. The third kappa shape index (κ3) is 4.34. The van der Waals surface area contributed by atoms with Crippen molar-refractivity contribution in [3.63, 3.8) is 0 Å². The van der Waals surface area contributed by atoms with Crippen molar-refractivity contribution in [1.82, 2.24) is 9.88 Å². The topological polar surface area (TPSA) is 83.0 Å². The normalized spacial score (nSPS) is 18.7. The summed E-state index contributed by atoms with van der Waals surface area (Å²) in [6.07, 6.45) is -3.70. The van der Waals surface area contributed by atoms with Gasteiger partial charge < -0.3 is 14.7 Å². The van der Waals surface area contributed by atoms with Gasteiger partial charge in [0.1, 0.15) is 11.6 Å². The zero-order valence-corrected chi connectivity index (χ0v) is 16.6. The van der Waals surface area contributed by atoms with Crippen LogP contribution in [0, 0.1) is 6.92 Å². The first-order chi connectivity index (χ1) is 14.6. The van der Waals surface area contributed by atoms with Crippen LogP contribution in [0.2, 0.25) is 0 Å². The molecule has 31 heavy (non-hydrogen) atoms. The van der Waals surface area contributed by atoms with Gasteiger partial charge in [-0.05, 0) is 30.2 Å². The molecule has 2 amide bonds. The van der Waals surface area contributed by atoms with Gasteiger partial charge in [0.15, 0.2) is 6.61 Å². The zero-order chi connectivity index (χ0) is 22.3. The number of ether oxygens (including phenoxy) is 1. The van der Waals surface area contributed by atoms with Crippen molar-refractivity contribution in [2.24, 2.45) is 0 Å². The fraction of sp³-hybridized carbons (Fsp3) is 0.381. The van der Waals surface area contributed by atoms with Crippen LogP contribution in [-0.4, -0.2) is 52.2 Å². The Bertz CT molecular complexity index is 1040. The standard InChI is InChI=1S/C21H20F3N3O4/c1-12-6-13(2-3-17(12)31-11-21(22,23)24)8-26-10-16-15(20(26)30)4-5-25-19(16)27-9-14(28)7-18(27)29/h2-6,14,28H,7-11H2,1H3/t14-/m0/s1. The van der Waals surface area contributed by atoms with Crippen molar-refractivity contribution >= 4 is 17.6 Å². The van der Waals surface area contributed by atoms with E-state index in [1.807, 2.05) is 0 Å². The van der Waals surface area contributed by atoms with Crippen LogP contribution in [0.5, 0.6) is 5.75 Å². The summed E-state index contributed by atoms with van der Waals surface area (Å²) in [5, 5.41) is 9.77. The minimum absolute atomic E-state index is 0.0189. The molecule has 1 saturated heterocycles. The Morgan fingerprint density at radius 2 is 2.03 bits per heavy atom. The van der Waals surface area contributed by atoms with Gasteiger partial charge in [-0.2, -0.15) is 13.2 Å². The molecule has 10 heteroatoms. The van der Waals surface area contributed by atoms with E-state index in [-0.39, 0.29) is 43.6 Å². The lowest BCUT2D eigenvalue weighted by molar-refractivity contribution is -0.153. The van der Waals surface area contributed by atoms with Crippen molar-refractivity contribution < 1.29 is 32.6 Å². The lowest BCUT2D eigenvalue weighted by Crippen LogP contribution is -2.27. The van der Waals surface area contributed by atoms with Crippen LogP contribution >= 0.6 is 0 Å². The van der Waals surface area contributed by atoms with E-state index < -0.39 is 18.9 Å². The Balaban J connectivity index is 1.50. The number of alkyl halides is 3. The lowest BCUT2D eigenvalue weighted by atomic mass is 10.1. The number of amides is 2. The first-order valence-corrected chi connectivity index (χ1v) is 9.67. The summed E-state index contributed by atoms with van der Waals surface area (Å²) in [5.41, 5.74) is 2.34. The van der Waals surface area contributed by atoms with E-state index >= 15 is 0 Å². The second-order valence-electron chi connectivity index (χ2n) is 7.69. The Morgan fingerprint density at radius 1 is 1.26 bits per heavy atom. The van der Waals surface area contributed by atoms with Crippen LogP contribution in [0.15, 0.2) is 30.5 Å². The number of benzene rings is 1. The minimum Gasteiger partial charge on any atom is -0.484 e. The number of halogens is 3. The minimum atomic E-state index is -4.42. The Morgan fingerprint density at radius 3 is 2.68 bits per heavy atom. The fourth-order valence-corrected chi connectivity index (χ4v) is 3.88. The van der Waals surface area contributed by atoms with Crippen molar-refractivity contribution in [3.8, 4) is 5.75 Å². The molecule has 4 rings (SSSR count). The summed E-state index contributed by atoms with van der Waals surface area (Å²) in [6, 6.07) is 6.36. The zero-order valence-electron chi connectivity index (χ0n) is 16.6. The number of aliphatic hydroxyl groups excluding tert-OH is 1. The third-order valence-electron chi connectivity index (χ3n) is 5.26. The summed E-state index contributed by atoms with van der Waals surface area (Å²) in [5.74, 6) is 0.0435. The van der Waals surface area contributed by atoms with Gasteiger partial charge in [0.2, 0.25) is 5.91 Å². The Hall–Kier alpha value is -3.14. The molecule has 1 fully saturated rings. The van der Waals surface area contributed by atoms with E-state index in [1.54, 1.807) is 30.0 Å². The van der Waals surface area contributed by atoms with Gasteiger partial charge >= 0.3 is 6.18 Å². The maximum atomic E-state index is 12.9. The van der Waals surface area contributed by atoms with Crippen LogP contribution in [0.25, 0.3) is 0 Å². The highest BCUT2D eigenvalue weighted by molar-refractivity contribution is 6.02. The van der Waals surface area contributed by atoms with E-state index in [9.17, 15) is 27.9 Å². The van der Waals surface area contributed by atoms with Gasteiger partial charge in [0.25, 0.3) is 5.91 Å². The molecule has 164 valence electrons. The second-order valence-corrected chi connectivity index (χ2v) is 7.69. The number of hydrogen-bond acceptors (Lipinski definition) is 5. The maximum Gasteiger partial charge on any atom is 0.422 e. The summed E-state index contributed by atoms with van der Waals surface area (Å²) in [7, 11) is 0. The number of carbonyl (C=O) groups is 2. The summed E-state index contributed by atoms with van der Waals surface area (Å²) in [6.45, 7) is 0.885. The number of β-amino-alcohol motifs (C(OH)–C–C–N with tert-alkyl or cyclic N) is 1. The van der Waals surface area contributed by atoms with Crippen LogP contribution < -0.4 is 9.64 Å². The highest BCUT2D eigenvalue weighted by Gasteiger charge is 2.36. The van der Waals surface area contributed by atoms with Crippen LogP contribution in [0.1, 0.15) is 33.5 Å². The van der Waals surface area contributed by atoms with Gasteiger partial charge in [0, 0.05) is 23.9 Å². The molecule has 1 N–H and O–H groups in total. The smallest absolute Gasteiger partial charge is 0.422 e. The average Bonchev–Trinajstić information content (AvgIpc) is 3.19. The average molecular weight is 435 g/mol. The molecule has 7 nitrogen and oxygen atoms in total. The number of nitrogens with zero attached hydrogens (tertiary/aromatic N) is 3. The van der Waals surface area contributed by atoms with Crippen molar-refractivity contribution in [3.05, 3.63) is 52.7 Å². The Kier molecular flexibility index (Phi) is 5.34. The molecule has 1 atom stereocenters. The number of fused-ring (bicyclic) bond motifs is 1. The van der Waals surface area contributed by atoms with Crippen LogP contribution in [-0.2, 0) is 17.9 Å². The van der Waals surface area contributed by atoms with Crippen LogP contribution in [0.4, 0.5) is 19.0 Å². The van der Waals surface area contributed by atoms with E-state index in [0.717, 1.165) is 5.56 Å². The van der Waals surface area contributed by atoms with Crippen molar-refractivity contribution in [2.45, 2.75) is 38.7 Å². The lowest BCUT2D eigenvalue weighted by Gasteiger charge is -2.19. The number of anilines is 1. The van der Waals surface area contributed by atoms with Gasteiger partial charge in [0.05, 0.1) is 25.6 Å². The first kappa shape index (κ1) is 21.1. The van der Waals surface area contributed by atoms with Crippen molar-refractivity contribution in [1.29, 1.82) is 0 Å². The van der Waals surface area contributed by atoms with Crippen molar-refractivity contribution in [2.75, 3.05) is 18.1 Å². The third-order valence-corrected chi connectivity index (χ3v) is 5.26. The molecular weight excluding hydrogens is 415 g/mol. The second kappa shape index (κ2) is 7.84. The quantitative estimate of drug-likeness (QED) is 0.781. The van der Waals surface area contributed by atoms with E-state index in [1.165, 1.54) is 17.2 Å². The van der Waals surface area contributed by atoms with E-state index in [4.69, 9.17) is 4.74 Å². The number of rotatable bonds is 5. The summed E-state index contributed by atoms with van der Waals surface area (Å²) >= 11 is 0. The highest BCUT2D eigenvalue weighted by atomic mass is 19.4. The molecule has 1 aromatic heterocycles. The number of pyridine rings is 1. The highest BCUT2D eigenvalue weighted by Crippen LogP contribution is 2.33. The molecule has 2 aliphatic rings. The predicted molar refractivity (Wildman–Crippen MR) is 104 cm³/mol. The molecule has 0 unspecified atom stereocenters. The van der Waals surface area contributed by atoms with Gasteiger partial charge in [-0.15, -0.1) is 0 Å². The number of aryl methyl sites for hydroxylation is 1. The first-order valence-electron chi connectivity index (χ1n) is 9.67. The number of carbonyl (C=O) groups excluding carboxylic acids is 2. The number of aliphatic hydroxyl groups is 1. The monoisotopic (exact) mass is 435 g/mol. The van der Waals surface area contributed by atoms with Gasteiger partial charge in [-0.3, -0.25) is 14.5 Å². The number of hydrogen-bond donors (Lipinski definition) is 1. The Labute approximate surface area is 176 Å². The maximum absolute atomic E-state index is 12.9. The molecule has 3 heterocycles. The summed E-state index contributed by atoms with van der Waals surface area (Å²) < 4.78 is 41.9. The predicted octanol–water partition coefficient (Wildman–Crippen LogP) is 2.58. The van der Waals surface area contributed by atoms with Crippen LogP contribution in [0.3, 0.4) is 0 Å². The van der Waals surface area contributed by atoms with Gasteiger partial charge in [-0.25, -0.2) is 4.98 Å². The molecular formula is C21H20F3N3O4. The van der Waals surface area contributed by atoms with Gasteiger partial charge in [-0.1, -0.05) is 12.1 Å². The number of aromatic nitrogens is 1. The van der Waals surface area contributed by atoms with E-state index in [0.29, 0.717) is 22.5 Å². The van der Waals surface area contributed by atoms with E-state index in [2.05, 4.69) is 4.98 Å². The largest absolute Gasteiger partial charge is 0.484 e. The molecule has 2 aromatic rings.